The molecule has 0 saturated carbocycles. The number of hydrogen-bond donors (Lipinski definition) is 3. The van der Waals surface area contributed by atoms with E-state index in [9.17, 15) is 4.79 Å². The normalized spacial score (nSPS) is 16.8. The highest BCUT2D eigenvalue weighted by molar-refractivity contribution is 6.06. The molecular weight excluding hydrogens is 428 g/mol. The van der Waals surface area contributed by atoms with E-state index in [1.807, 2.05) is 19.1 Å². The van der Waals surface area contributed by atoms with Crippen LogP contribution in [0.4, 0.5) is 17.2 Å². The molecule has 0 radical (unpaired) electrons. The molecule has 3 N–H and O–H groups in total. The summed E-state index contributed by atoms with van der Waals surface area (Å²) >= 11 is 0. The van der Waals surface area contributed by atoms with Crippen LogP contribution in [0.5, 0.6) is 0 Å². The van der Waals surface area contributed by atoms with Gasteiger partial charge in [-0.3, -0.25) is 14.8 Å². The van der Waals surface area contributed by atoms with Crippen LogP contribution in [-0.4, -0.2) is 69.1 Å². The molecule has 9 heteroatoms. The average molecular weight is 461 g/mol. The van der Waals surface area contributed by atoms with E-state index >= 15 is 0 Å². The summed E-state index contributed by atoms with van der Waals surface area (Å²) < 4.78 is 0. The summed E-state index contributed by atoms with van der Waals surface area (Å²) in [5.41, 5.74) is 5.23. The van der Waals surface area contributed by atoms with Crippen molar-refractivity contribution in [2.75, 3.05) is 43.9 Å². The van der Waals surface area contributed by atoms with Gasteiger partial charge in [0.1, 0.15) is 17.3 Å². The van der Waals surface area contributed by atoms with E-state index in [1.54, 1.807) is 6.20 Å². The number of likely N-dealkylation sites (N-methyl/N-ethyl adjacent to an activating group) is 1. The summed E-state index contributed by atoms with van der Waals surface area (Å²) in [5, 5.41) is 13.2. The van der Waals surface area contributed by atoms with Crippen molar-refractivity contribution >= 4 is 23.1 Å². The maximum Gasteiger partial charge on any atom is 0.275 e. The van der Waals surface area contributed by atoms with Crippen LogP contribution in [0.1, 0.15) is 46.0 Å². The van der Waals surface area contributed by atoms with Crippen molar-refractivity contribution in [2.45, 2.75) is 39.2 Å². The largest absolute Gasteiger partial charge is 0.337 e. The van der Waals surface area contributed by atoms with E-state index in [4.69, 9.17) is 0 Å². The van der Waals surface area contributed by atoms with E-state index in [0.29, 0.717) is 11.4 Å². The van der Waals surface area contributed by atoms with Crippen molar-refractivity contribution in [3.8, 4) is 0 Å². The molecule has 3 heterocycles. The molecule has 2 aliphatic rings. The van der Waals surface area contributed by atoms with Gasteiger partial charge in [0.05, 0.1) is 11.9 Å². The standard InChI is InChI=1S/C25H32N8O/c1-17-27-21-6-4-3-5-20(21)24(28-17)30-22-15-26-31-23(22)25(34)29-19-9-7-18(8-10-19)16-33-13-11-32(2)12-14-33/h7-10,15H,3-6,11-14,16H2,1-2H3,(H,26,31)(H,29,34)(H,27,28,30). The van der Waals surface area contributed by atoms with Crippen LogP contribution >= 0.6 is 0 Å². The summed E-state index contributed by atoms with van der Waals surface area (Å²) in [6.45, 7) is 7.20. The van der Waals surface area contributed by atoms with Crippen molar-refractivity contribution in [2.24, 2.45) is 0 Å². The number of H-pyrrole nitrogens is 1. The molecule has 34 heavy (non-hydrogen) atoms. The molecule has 5 rings (SSSR count). The molecule has 0 unspecified atom stereocenters. The molecule has 9 nitrogen and oxygen atoms in total. The zero-order chi connectivity index (χ0) is 23.5. The van der Waals surface area contributed by atoms with Crippen LogP contribution in [0.3, 0.4) is 0 Å². The van der Waals surface area contributed by atoms with Crippen molar-refractivity contribution < 1.29 is 4.79 Å². The fraction of sp³-hybridized carbons (Fsp3) is 0.440. The third-order valence-corrected chi connectivity index (χ3v) is 6.63. The zero-order valence-electron chi connectivity index (χ0n) is 19.9. The molecule has 3 aromatic rings. The van der Waals surface area contributed by atoms with Crippen molar-refractivity contribution in [3.63, 3.8) is 0 Å². The van der Waals surface area contributed by atoms with Crippen molar-refractivity contribution in [1.29, 1.82) is 0 Å². The molecule has 1 aromatic carbocycles. The second kappa shape index (κ2) is 9.90. The SMILES string of the molecule is Cc1nc2c(c(Nc3cn[nH]c3C(=O)Nc3ccc(CN4CCN(C)CC4)cc3)n1)CCCC2. The maximum absolute atomic E-state index is 13.0. The number of aryl methyl sites for hydroxylation is 2. The Hall–Kier alpha value is -3.30. The Bertz CT molecular complexity index is 1150. The highest BCUT2D eigenvalue weighted by Crippen LogP contribution is 2.28. The molecule has 1 aliphatic carbocycles. The smallest absolute Gasteiger partial charge is 0.275 e. The van der Waals surface area contributed by atoms with Gasteiger partial charge in [-0.25, -0.2) is 9.97 Å². The number of amides is 1. The predicted molar refractivity (Wildman–Crippen MR) is 132 cm³/mol. The molecule has 2 aromatic heterocycles. The molecule has 1 saturated heterocycles. The lowest BCUT2D eigenvalue weighted by Gasteiger charge is -2.32. The third kappa shape index (κ3) is 5.10. The Morgan fingerprint density at radius 3 is 2.62 bits per heavy atom. The van der Waals surface area contributed by atoms with Gasteiger partial charge in [0.2, 0.25) is 0 Å². The van der Waals surface area contributed by atoms with Gasteiger partial charge in [-0.1, -0.05) is 12.1 Å². The summed E-state index contributed by atoms with van der Waals surface area (Å²) in [6, 6.07) is 8.07. The first-order valence-corrected chi connectivity index (χ1v) is 12.0. The summed E-state index contributed by atoms with van der Waals surface area (Å²) in [4.78, 5) is 27.0. The lowest BCUT2D eigenvalue weighted by Crippen LogP contribution is -2.43. The first-order chi connectivity index (χ1) is 16.5. The Morgan fingerprint density at radius 1 is 1.06 bits per heavy atom. The van der Waals surface area contributed by atoms with Crippen LogP contribution in [0.2, 0.25) is 0 Å². The Morgan fingerprint density at radius 2 is 1.82 bits per heavy atom. The van der Waals surface area contributed by atoms with Gasteiger partial charge in [-0.2, -0.15) is 5.10 Å². The predicted octanol–water partition coefficient (Wildman–Crippen LogP) is 3.13. The number of benzene rings is 1. The quantitative estimate of drug-likeness (QED) is 0.519. The lowest BCUT2D eigenvalue weighted by molar-refractivity contribution is 0.102. The maximum atomic E-state index is 13.0. The molecule has 1 fully saturated rings. The number of aromatic nitrogens is 4. The highest BCUT2D eigenvalue weighted by atomic mass is 16.2. The number of hydrogen-bond acceptors (Lipinski definition) is 7. The summed E-state index contributed by atoms with van der Waals surface area (Å²) in [5.74, 6) is 1.26. The fourth-order valence-corrected chi connectivity index (χ4v) is 4.65. The monoisotopic (exact) mass is 460 g/mol. The average Bonchev–Trinajstić information content (AvgIpc) is 3.30. The van der Waals surface area contributed by atoms with Gasteiger partial charge in [0.15, 0.2) is 0 Å². The van der Waals surface area contributed by atoms with E-state index in [-0.39, 0.29) is 5.91 Å². The number of rotatable bonds is 6. The molecule has 1 amide bonds. The van der Waals surface area contributed by atoms with Crippen LogP contribution in [-0.2, 0) is 19.4 Å². The van der Waals surface area contributed by atoms with Crippen molar-refractivity contribution in [3.05, 3.63) is 58.8 Å². The first kappa shape index (κ1) is 22.5. The number of anilines is 3. The second-order valence-corrected chi connectivity index (χ2v) is 9.27. The number of carbonyl (C=O) groups is 1. The number of nitrogens with one attached hydrogen (secondary N) is 3. The van der Waals surface area contributed by atoms with Gasteiger partial charge in [0.25, 0.3) is 5.91 Å². The number of aromatic amines is 1. The highest BCUT2D eigenvalue weighted by Gasteiger charge is 2.20. The minimum absolute atomic E-state index is 0.244. The molecule has 1 aliphatic heterocycles. The molecule has 0 spiro atoms. The molecule has 0 bridgehead atoms. The van der Waals surface area contributed by atoms with E-state index < -0.39 is 0 Å². The number of carbonyl (C=O) groups excluding carboxylic acids is 1. The third-order valence-electron chi connectivity index (χ3n) is 6.63. The van der Waals surface area contributed by atoms with Gasteiger partial charge in [-0.05, 0) is 57.4 Å². The second-order valence-electron chi connectivity index (χ2n) is 9.27. The first-order valence-electron chi connectivity index (χ1n) is 12.0. The Balaban J connectivity index is 1.25. The van der Waals surface area contributed by atoms with E-state index in [0.717, 1.165) is 87.0 Å². The molecule has 0 atom stereocenters. The van der Waals surface area contributed by atoms with Crippen LogP contribution in [0.25, 0.3) is 0 Å². The van der Waals surface area contributed by atoms with Crippen LogP contribution in [0, 0.1) is 6.92 Å². The number of piperazine rings is 1. The van der Waals surface area contributed by atoms with Crippen molar-refractivity contribution in [1.82, 2.24) is 30.0 Å². The topological polar surface area (TPSA) is 102 Å². The summed E-state index contributed by atoms with van der Waals surface area (Å²) in [7, 11) is 2.16. The van der Waals surface area contributed by atoms with Crippen LogP contribution in [0.15, 0.2) is 30.5 Å². The number of fused-ring (bicyclic) bond motifs is 1. The fourth-order valence-electron chi connectivity index (χ4n) is 4.65. The van der Waals surface area contributed by atoms with Gasteiger partial charge < -0.3 is 15.5 Å². The Kier molecular flexibility index (Phi) is 6.55. The minimum atomic E-state index is -0.244. The summed E-state index contributed by atoms with van der Waals surface area (Å²) in [6.07, 6.45) is 5.81. The minimum Gasteiger partial charge on any atom is -0.337 e. The molecule has 178 valence electrons. The zero-order valence-corrected chi connectivity index (χ0v) is 19.9. The van der Waals surface area contributed by atoms with Gasteiger partial charge in [0, 0.05) is 49.7 Å². The van der Waals surface area contributed by atoms with E-state index in [1.165, 1.54) is 5.56 Å². The Labute approximate surface area is 200 Å². The van der Waals surface area contributed by atoms with Gasteiger partial charge in [-0.15, -0.1) is 0 Å². The van der Waals surface area contributed by atoms with Crippen LogP contribution < -0.4 is 10.6 Å². The number of nitrogens with zero attached hydrogens (tertiary/aromatic N) is 5. The lowest BCUT2D eigenvalue weighted by atomic mass is 9.96. The van der Waals surface area contributed by atoms with Gasteiger partial charge >= 0.3 is 0 Å². The molecular formula is C25H32N8O. The van der Waals surface area contributed by atoms with E-state index in [2.05, 4.69) is 59.8 Å².